The van der Waals surface area contributed by atoms with Crippen LogP contribution in [0.3, 0.4) is 0 Å². The van der Waals surface area contributed by atoms with Crippen LogP contribution in [-0.2, 0) is 4.79 Å². The second-order valence-electron chi connectivity index (χ2n) is 5.77. The van der Waals surface area contributed by atoms with Gasteiger partial charge in [0.1, 0.15) is 0 Å². The van der Waals surface area contributed by atoms with Gasteiger partial charge < -0.3 is 5.73 Å². The van der Waals surface area contributed by atoms with E-state index in [1.165, 1.54) is 37.1 Å². The Labute approximate surface area is 126 Å². The Morgan fingerprint density at radius 2 is 2.30 bits per heavy atom. The number of amides is 1. The highest BCUT2D eigenvalue weighted by Gasteiger charge is 2.31. The van der Waals surface area contributed by atoms with Gasteiger partial charge in [0, 0.05) is 25.4 Å². The quantitative estimate of drug-likeness (QED) is 0.351. The second kappa shape index (κ2) is 7.31. The van der Waals surface area contributed by atoms with E-state index < -0.39 is 0 Å². The van der Waals surface area contributed by atoms with Crippen molar-refractivity contribution in [1.82, 2.24) is 9.21 Å². The lowest BCUT2D eigenvalue weighted by Gasteiger charge is -2.34. The van der Waals surface area contributed by atoms with Gasteiger partial charge in [-0.2, -0.15) is 0 Å². The van der Waals surface area contributed by atoms with Crippen LogP contribution < -0.4 is 5.73 Å². The molecule has 1 aliphatic heterocycles. The molecule has 1 aliphatic carbocycles. The van der Waals surface area contributed by atoms with Gasteiger partial charge in [0.05, 0.1) is 6.04 Å². The van der Waals surface area contributed by atoms with E-state index >= 15 is 0 Å². The van der Waals surface area contributed by atoms with Crippen LogP contribution in [0.5, 0.6) is 0 Å². The number of hydrogen-bond donors (Lipinski definition) is 1. The van der Waals surface area contributed by atoms with Crippen molar-refractivity contribution in [2.45, 2.75) is 50.3 Å². The van der Waals surface area contributed by atoms with Crippen LogP contribution in [0.2, 0.25) is 0 Å². The molecule has 6 heteroatoms. The van der Waals surface area contributed by atoms with E-state index in [0.29, 0.717) is 18.3 Å². The topological polar surface area (TPSA) is 61.9 Å². The number of carbonyl (C=O) groups excluding carboxylic acids is 1. The zero-order valence-electron chi connectivity index (χ0n) is 12.5. The molecule has 0 aromatic rings. The summed E-state index contributed by atoms with van der Waals surface area (Å²) in [7, 11) is 1.65. The highest BCUT2D eigenvalue weighted by molar-refractivity contribution is 7.97. The Morgan fingerprint density at radius 3 is 2.90 bits per heavy atom. The summed E-state index contributed by atoms with van der Waals surface area (Å²) in [5.74, 6) is 0.887. The van der Waals surface area contributed by atoms with Crippen molar-refractivity contribution in [2.75, 3.05) is 20.1 Å². The summed E-state index contributed by atoms with van der Waals surface area (Å²) >= 11 is 2.03. The fourth-order valence-electron chi connectivity index (χ4n) is 2.61. The highest BCUT2D eigenvalue weighted by Crippen LogP contribution is 2.38. The third-order valence-corrected chi connectivity index (χ3v) is 5.42. The Bertz CT molecular complexity index is 359. The van der Waals surface area contributed by atoms with Crippen LogP contribution in [0.25, 0.3) is 0 Å². The lowest BCUT2D eigenvalue weighted by Crippen LogP contribution is -2.39. The molecule has 0 aromatic carbocycles. The van der Waals surface area contributed by atoms with Crippen molar-refractivity contribution in [3.05, 3.63) is 0 Å². The van der Waals surface area contributed by atoms with E-state index in [2.05, 4.69) is 16.2 Å². The molecule has 2 N–H and O–H groups in total. The summed E-state index contributed by atoms with van der Waals surface area (Å²) in [5.41, 5.74) is 5.86. The standard InChI is InChI=1S/C14H26N4OS/c1-3-13(16-14(15)17(2)10-19)11-5-4-8-18(9-11)20-12-6-7-12/h10-13H,3-9H2,1-2H3,(H2,15,16). The van der Waals surface area contributed by atoms with Crippen molar-refractivity contribution < 1.29 is 4.79 Å². The fraction of sp³-hybridized carbons (Fsp3) is 0.857. The van der Waals surface area contributed by atoms with Crippen LogP contribution in [0.1, 0.15) is 39.0 Å². The summed E-state index contributed by atoms with van der Waals surface area (Å²) in [5, 5.41) is 0.864. The Balaban J connectivity index is 1.93. The van der Waals surface area contributed by atoms with Gasteiger partial charge in [0.15, 0.2) is 5.96 Å². The zero-order chi connectivity index (χ0) is 14.5. The number of nitrogens with two attached hydrogens (primary N) is 1. The largest absolute Gasteiger partial charge is 0.369 e. The van der Waals surface area contributed by atoms with E-state index in [4.69, 9.17) is 5.73 Å². The monoisotopic (exact) mass is 298 g/mol. The molecule has 20 heavy (non-hydrogen) atoms. The predicted molar refractivity (Wildman–Crippen MR) is 84.4 cm³/mol. The van der Waals surface area contributed by atoms with E-state index in [0.717, 1.165) is 18.2 Å². The number of aliphatic imine (C=N–C) groups is 1. The van der Waals surface area contributed by atoms with E-state index in [1.54, 1.807) is 7.05 Å². The maximum absolute atomic E-state index is 10.7. The molecule has 2 fully saturated rings. The molecule has 0 bridgehead atoms. The van der Waals surface area contributed by atoms with Gasteiger partial charge in [0.25, 0.3) is 0 Å². The molecule has 0 aromatic heterocycles. The van der Waals surface area contributed by atoms with Gasteiger partial charge in [-0.25, -0.2) is 4.99 Å². The van der Waals surface area contributed by atoms with E-state index in [1.807, 2.05) is 11.9 Å². The number of hydrogen-bond acceptors (Lipinski definition) is 4. The first-order valence-electron chi connectivity index (χ1n) is 7.57. The zero-order valence-corrected chi connectivity index (χ0v) is 13.3. The van der Waals surface area contributed by atoms with Gasteiger partial charge in [-0.1, -0.05) is 18.9 Å². The van der Waals surface area contributed by atoms with Gasteiger partial charge >= 0.3 is 0 Å². The smallest absolute Gasteiger partial charge is 0.216 e. The van der Waals surface area contributed by atoms with Crippen molar-refractivity contribution in [3.63, 3.8) is 0 Å². The molecule has 0 radical (unpaired) electrons. The molecule has 2 atom stereocenters. The molecule has 2 aliphatic rings. The Hall–Kier alpha value is -0.750. The average molecular weight is 298 g/mol. The molecule has 5 nitrogen and oxygen atoms in total. The van der Waals surface area contributed by atoms with Gasteiger partial charge in [-0.05, 0) is 38.0 Å². The van der Waals surface area contributed by atoms with Crippen molar-refractivity contribution in [3.8, 4) is 0 Å². The highest BCUT2D eigenvalue weighted by atomic mass is 32.2. The first-order chi connectivity index (χ1) is 9.63. The van der Waals surface area contributed by atoms with Crippen molar-refractivity contribution >= 4 is 24.3 Å². The van der Waals surface area contributed by atoms with Crippen LogP contribution >= 0.6 is 11.9 Å². The van der Waals surface area contributed by atoms with Crippen LogP contribution in [-0.4, -0.2) is 53.0 Å². The SMILES string of the molecule is CCC(N=C(N)N(C)C=O)C1CCCN(SC2CC2)C1. The summed E-state index contributed by atoms with van der Waals surface area (Å²) in [6.45, 7) is 4.44. The number of carbonyl (C=O) groups is 1. The van der Waals surface area contributed by atoms with Crippen LogP contribution in [0.15, 0.2) is 4.99 Å². The molecule has 1 saturated carbocycles. The molecule has 1 amide bonds. The lowest BCUT2D eigenvalue weighted by molar-refractivity contribution is -0.114. The Morgan fingerprint density at radius 1 is 1.55 bits per heavy atom. The van der Waals surface area contributed by atoms with E-state index in [9.17, 15) is 4.79 Å². The van der Waals surface area contributed by atoms with Gasteiger partial charge in [-0.3, -0.25) is 14.0 Å². The van der Waals surface area contributed by atoms with Crippen LogP contribution in [0, 0.1) is 5.92 Å². The summed E-state index contributed by atoms with van der Waals surface area (Å²) in [6, 6.07) is 0.222. The van der Waals surface area contributed by atoms with Crippen molar-refractivity contribution in [2.24, 2.45) is 16.6 Å². The molecule has 0 spiro atoms. The summed E-state index contributed by atoms with van der Waals surface area (Å²) in [6.07, 6.45) is 6.87. The van der Waals surface area contributed by atoms with Crippen molar-refractivity contribution in [1.29, 1.82) is 0 Å². The number of rotatable bonds is 6. The second-order valence-corrected chi connectivity index (χ2v) is 7.17. The third kappa shape index (κ3) is 4.38. The van der Waals surface area contributed by atoms with Gasteiger partial charge in [0.2, 0.25) is 6.41 Å². The van der Waals surface area contributed by atoms with E-state index in [-0.39, 0.29) is 6.04 Å². The van der Waals surface area contributed by atoms with Crippen LogP contribution in [0.4, 0.5) is 0 Å². The minimum Gasteiger partial charge on any atom is -0.369 e. The number of piperidine rings is 1. The predicted octanol–water partition coefficient (Wildman–Crippen LogP) is 1.69. The summed E-state index contributed by atoms with van der Waals surface area (Å²) < 4.78 is 2.52. The minimum atomic E-state index is 0.222. The number of nitrogens with zero attached hydrogens (tertiary/aromatic N) is 3. The summed E-state index contributed by atoms with van der Waals surface area (Å²) in [4.78, 5) is 16.6. The van der Waals surface area contributed by atoms with Gasteiger partial charge in [-0.15, -0.1) is 0 Å². The number of guanidine groups is 1. The minimum absolute atomic E-state index is 0.222. The molecule has 114 valence electrons. The normalized spacial score (nSPS) is 26.3. The first kappa shape index (κ1) is 15.6. The molecule has 1 saturated heterocycles. The average Bonchev–Trinajstić information content (AvgIpc) is 3.27. The molecular weight excluding hydrogens is 272 g/mol. The lowest BCUT2D eigenvalue weighted by atomic mass is 9.90. The Kier molecular flexibility index (Phi) is 5.72. The fourth-order valence-corrected chi connectivity index (χ4v) is 3.89. The molecule has 2 rings (SSSR count). The maximum atomic E-state index is 10.7. The maximum Gasteiger partial charge on any atom is 0.216 e. The first-order valence-corrected chi connectivity index (χ1v) is 8.40. The third-order valence-electron chi connectivity index (χ3n) is 4.02. The molecule has 1 heterocycles. The molecule has 2 unspecified atom stereocenters. The molecular formula is C14H26N4OS.